The van der Waals surface area contributed by atoms with Gasteiger partial charge in [0.05, 0.1) is 5.52 Å². The van der Waals surface area contributed by atoms with Gasteiger partial charge in [-0.3, -0.25) is 0 Å². The zero-order valence-electron chi connectivity index (χ0n) is 25.0. The Balaban J connectivity index is 0.00000220. The van der Waals surface area contributed by atoms with Crippen LogP contribution >= 0.6 is 0 Å². The van der Waals surface area contributed by atoms with E-state index in [4.69, 9.17) is 4.98 Å². The molecule has 200 valence electrons. The molecular weight excluding hydrogens is 514 g/mol. The third-order valence-corrected chi connectivity index (χ3v) is 6.94. The molecule has 1 aromatic heterocycles. The molecule has 0 N–H and O–H groups in total. The van der Waals surface area contributed by atoms with Crippen LogP contribution in [-0.2, 0) is 18.4 Å². The topological polar surface area (TPSA) is 30.2 Å². The van der Waals surface area contributed by atoms with Gasteiger partial charge in [0.25, 0.3) is 0 Å². The van der Waals surface area contributed by atoms with E-state index in [0.717, 1.165) is 53.1 Å². The Kier molecular flexibility index (Phi) is 11.3. The predicted molar refractivity (Wildman–Crippen MR) is 166 cm³/mol. The van der Waals surface area contributed by atoms with Crippen LogP contribution in [0.2, 0.25) is 0 Å². The monoisotopic (exact) mass is 551 g/mol. The molecule has 0 aliphatic rings. The summed E-state index contributed by atoms with van der Waals surface area (Å²) in [6, 6.07) is 32.9. The molecule has 0 aliphatic heterocycles. The first-order valence-electron chi connectivity index (χ1n) is 13.5. The molecule has 4 heteroatoms. The number of aliphatic imine (C=N–C) groups is 1. The summed E-state index contributed by atoms with van der Waals surface area (Å²) in [6.45, 7) is 11.9. The summed E-state index contributed by atoms with van der Waals surface area (Å²) >= 11 is 0. The third kappa shape index (κ3) is 7.29. The minimum absolute atomic E-state index is 0. The number of hydrogen-bond acceptors (Lipinski definition) is 2. The number of hydrogen-bond donors (Lipinski definition) is 0. The predicted octanol–water partition coefficient (Wildman–Crippen LogP) is 6.19. The van der Waals surface area contributed by atoms with Gasteiger partial charge in [-0.1, -0.05) is 81.8 Å². The van der Waals surface area contributed by atoms with Gasteiger partial charge in [-0.15, -0.1) is 23.4 Å². The second-order valence-corrected chi connectivity index (χ2v) is 11.0. The fourth-order valence-corrected chi connectivity index (χ4v) is 5.04. The number of imidazole rings is 1. The van der Waals surface area contributed by atoms with Crippen molar-refractivity contribution in [2.75, 3.05) is 0 Å². The van der Waals surface area contributed by atoms with Crippen LogP contribution in [0.1, 0.15) is 62.2 Å². The first kappa shape index (κ1) is 32.2. The molecule has 0 radical (unpaired) electrons. The number of para-hydroxylation sites is 1. The van der Waals surface area contributed by atoms with Crippen molar-refractivity contribution in [2.45, 2.75) is 59.4 Å². The zero-order valence-corrected chi connectivity index (χ0v) is 28.2. The minimum atomic E-state index is 0. The van der Waals surface area contributed by atoms with Gasteiger partial charge in [0, 0.05) is 18.5 Å². The Morgan fingerprint density at radius 2 is 1.68 bits per heavy atom. The Labute approximate surface area is 283 Å². The Hall–Kier alpha value is -2.34. The van der Waals surface area contributed by atoms with E-state index in [1.54, 1.807) is 0 Å². The fraction of sp³-hybridized carbons (Fsp3) is 0.250. The second-order valence-electron chi connectivity index (χ2n) is 11.0. The average Bonchev–Trinajstić information content (AvgIpc) is 3.25. The van der Waals surface area contributed by atoms with Crippen LogP contribution in [0.5, 0.6) is 0 Å². The maximum Gasteiger partial charge on any atom is 1.00 e. The number of aromatic nitrogens is 2. The number of rotatable bonds is 7. The molecule has 0 amide bonds. The summed E-state index contributed by atoms with van der Waals surface area (Å²) in [7, 11) is 0. The van der Waals surface area contributed by atoms with Gasteiger partial charge in [0.2, 0.25) is 0 Å². The van der Waals surface area contributed by atoms with E-state index in [-0.39, 0.29) is 64.2 Å². The SMILES string of the molecule is CCCc1nc2c(C)cc([C-]=Nc3[c-]cccc3)cc2n1Cc1ccc(-c2ccccc2C(C)(C)C)cc1.[CH3-].[K+]. The summed E-state index contributed by atoms with van der Waals surface area (Å²) in [5.74, 6) is 1.12. The normalized spacial score (nSPS) is 11.4. The van der Waals surface area contributed by atoms with Crippen molar-refractivity contribution in [3.63, 3.8) is 0 Å². The summed E-state index contributed by atoms with van der Waals surface area (Å²) in [5, 5.41) is 0. The van der Waals surface area contributed by atoms with Gasteiger partial charge >= 0.3 is 51.4 Å². The van der Waals surface area contributed by atoms with E-state index in [9.17, 15) is 0 Å². The molecule has 0 aliphatic carbocycles. The van der Waals surface area contributed by atoms with Gasteiger partial charge in [-0.25, -0.2) is 11.1 Å². The van der Waals surface area contributed by atoms with Crippen LogP contribution < -0.4 is 51.4 Å². The molecule has 0 saturated carbocycles. The summed E-state index contributed by atoms with van der Waals surface area (Å²) in [6.07, 6.45) is 5.21. The molecule has 5 aromatic rings. The fourth-order valence-electron chi connectivity index (χ4n) is 5.04. The molecule has 0 spiro atoms. The molecule has 0 unspecified atom stereocenters. The number of fused-ring (bicyclic) bond motifs is 1. The molecular formula is C36H38KN3-2. The standard InChI is InChI=1S/C35H35N3.CH3.K/c1-6-12-33-37-34-25(2)21-27(23-36-29-13-8-7-9-14-29)22-32(34)38(33)24-26-17-19-28(20-18-26)30-15-10-11-16-31(30)35(3,4)5;;/h7-11,13,15-22H,6,12,24H2,1-5H3;1H3;/q-2;-1;+1. The van der Waals surface area contributed by atoms with Gasteiger partial charge in [0.1, 0.15) is 5.82 Å². The number of aryl methyl sites for hydroxylation is 2. The van der Waals surface area contributed by atoms with Crippen LogP contribution in [0.4, 0.5) is 5.69 Å². The summed E-state index contributed by atoms with van der Waals surface area (Å²) < 4.78 is 2.36. The van der Waals surface area contributed by atoms with E-state index >= 15 is 0 Å². The molecule has 5 rings (SSSR count). The molecule has 3 nitrogen and oxygen atoms in total. The Morgan fingerprint density at radius 1 is 0.950 bits per heavy atom. The van der Waals surface area contributed by atoms with Gasteiger partial charge in [-0.2, -0.15) is 24.3 Å². The van der Waals surface area contributed by atoms with E-state index in [2.05, 4.69) is 117 Å². The van der Waals surface area contributed by atoms with Crippen LogP contribution in [0.15, 0.2) is 89.9 Å². The van der Waals surface area contributed by atoms with Crippen molar-refractivity contribution >= 4 is 22.9 Å². The van der Waals surface area contributed by atoms with E-state index in [1.165, 1.54) is 22.3 Å². The number of benzene rings is 4. The number of nitrogens with zero attached hydrogens (tertiary/aromatic N) is 3. The van der Waals surface area contributed by atoms with Crippen LogP contribution in [0, 0.1) is 20.4 Å². The van der Waals surface area contributed by atoms with Gasteiger partial charge in [-0.05, 0) is 47.2 Å². The first-order valence-corrected chi connectivity index (χ1v) is 13.5. The summed E-state index contributed by atoms with van der Waals surface area (Å²) in [4.78, 5) is 9.57. The Bertz CT molecular complexity index is 1570. The molecule has 0 atom stereocenters. The molecule has 40 heavy (non-hydrogen) atoms. The minimum Gasteiger partial charge on any atom is -0.378 e. The van der Waals surface area contributed by atoms with Crippen molar-refractivity contribution in [1.29, 1.82) is 0 Å². The van der Waals surface area contributed by atoms with Gasteiger partial charge in [0.15, 0.2) is 0 Å². The van der Waals surface area contributed by atoms with Crippen molar-refractivity contribution < 1.29 is 51.4 Å². The first-order chi connectivity index (χ1) is 18.3. The Morgan fingerprint density at radius 3 is 2.35 bits per heavy atom. The molecule has 4 aromatic carbocycles. The van der Waals surface area contributed by atoms with Crippen LogP contribution in [0.25, 0.3) is 22.2 Å². The van der Waals surface area contributed by atoms with Crippen molar-refractivity contribution in [3.05, 3.63) is 127 Å². The third-order valence-electron chi connectivity index (χ3n) is 6.94. The van der Waals surface area contributed by atoms with Crippen molar-refractivity contribution in [3.8, 4) is 11.1 Å². The van der Waals surface area contributed by atoms with Crippen molar-refractivity contribution in [2.24, 2.45) is 4.99 Å². The average molecular weight is 552 g/mol. The zero-order chi connectivity index (χ0) is 26.7. The quantitative estimate of drug-likeness (QED) is 0.135. The van der Waals surface area contributed by atoms with E-state index < -0.39 is 0 Å². The molecule has 0 bridgehead atoms. The molecule has 0 saturated heterocycles. The van der Waals surface area contributed by atoms with Crippen molar-refractivity contribution in [1.82, 2.24) is 9.55 Å². The maximum absolute atomic E-state index is 5.06. The summed E-state index contributed by atoms with van der Waals surface area (Å²) in [5.41, 5.74) is 10.3. The van der Waals surface area contributed by atoms with E-state index in [1.807, 2.05) is 24.3 Å². The van der Waals surface area contributed by atoms with E-state index in [0.29, 0.717) is 0 Å². The van der Waals surface area contributed by atoms with Crippen LogP contribution in [-0.4, -0.2) is 15.8 Å². The second kappa shape index (κ2) is 14.0. The molecule has 0 fully saturated rings. The maximum atomic E-state index is 5.06. The largest absolute Gasteiger partial charge is 1.00 e. The van der Waals surface area contributed by atoms with Gasteiger partial charge < -0.3 is 17.0 Å². The molecule has 1 heterocycles. The van der Waals surface area contributed by atoms with Crippen LogP contribution in [0.3, 0.4) is 0 Å². The smallest absolute Gasteiger partial charge is 0.378 e.